The van der Waals surface area contributed by atoms with Crippen LogP contribution in [0.1, 0.15) is 18.4 Å². The van der Waals surface area contributed by atoms with Crippen molar-refractivity contribution in [1.29, 1.82) is 0 Å². The van der Waals surface area contributed by atoms with Crippen LogP contribution in [0.2, 0.25) is 0 Å². The lowest BCUT2D eigenvalue weighted by Crippen LogP contribution is -2.23. The molecule has 5 N–H and O–H groups in total. The second kappa shape index (κ2) is 12.8. The molecule has 0 spiro atoms. The molecule has 0 radical (unpaired) electrons. The topological polar surface area (TPSA) is 176 Å². The zero-order chi connectivity index (χ0) is 30.5. The summed E-state index contributed by atoms with van der Waals surface area (Å²) in [5.74, 6) is 1.97. The number of amides is 2. The Morgan fingerprint density at radius 2 is 1.74 bits per heavy atom. The van der Waals surface area contributed by atoms with Crippen molar-refractivity contribution in [3.63, 3.8) is 0 Å². The van der Waals surface area contributed by atoms with Gasteiger partial charge in [-0.3, -0.25) is 9.59 Å². The van der Waals surface area contributed by atoms with E-state index in [9.17, 15) is 9.59 Å². The molecule has 14 heteroatoms. The Kier molecular flexibility index (Phi) is 8.76. The van der Waals surface area contributed by atoms with E-state index in [2.05, 4.69) is 31.1 Å². The molecular formula is C29H31N7O6S. The first kappa shape index (κ1) is 29.4. The number of nitrogens with one attached hydrogen (secondary N) is 3. The molecule has 1 fully saturated rings. The minimum atomic E-state index is -0.435. The average Bonchev–Trinajstić information content (AvgIpc) is 3.59. The minimum absolute atomic E-state index is 0.192. The van der Waals surface area contributed by atoms with Gasteiger partial charge < -0.3 is 40.4 Å². The molecule has 2 heterocycles. The Bertz CT molecular complexity index is 1650. The summed E-state index contributed by atoms with van der Waals surface area (Å²) in [6.45, 7) is 2.53. The Morgan fingerprint density at radius 3 is 2.42 bits per heavy atom. The number of nitrogens with zero attached hydrogens (tertiary/aromatic N) is 3. The highest BCUT2D eigenvalue weighted by molar-refractivity contribution is 7.19. The third kappa shape index (κ3) is 7.04. The Hall–Kier alpha value is -5.11. The summed E-state index contributed by atoms with van der Waals surface area (Å²) in [5.41, 5.74) is 8.87. The van der Waals surface area contributed by atoms with E-state index in [4.69, 9.17) is 24.5 Å². The predicted molar refractivity (Wildman–Crippen MR) is 163 cm³/mol. The molecule has 4 aromatic rings. The molecule has 5 rings (SSSR count). The number of anilines is 4. The number of carbonyl (C=O) groups excluding carboxylic acids is 2. The number of rotatable bonds is 12. The van der Waals surface area contributed by atoms with E-state index in [-0.39, 0.29) is 17.6 Å². The molecule has 1 saturated carbocycles. The van der Waals surface area contributed by atoms with E-state index in [1.54, 1.807) is 24.3 Å². The van der Waals surface area contributed by atoms with Crippen molar-refractivity contribution in [2.75, 3.05) is 44.2 Å². The standard InChI is InChI=1S/C29H31N7O6S/c1-15-5-8-17(32-23(38)10-9-22(37)31-14-16-6-7-16)11-19(15)27-35-28(42-36-27)25-26(30)34-29(43-25)33-18-12-20(39-2)24(41-4)21(13-18)40-3/h5,8-13,16H,6-7,14,30H2,1-4H3,(H,31,37)(H,32,38)(H,33,34)/b10-9+. The maximum absolute atomic E-state index is 12.4. The normalized spacial score (nSPS) is 12.7. The fraction of sp³-hybridized carbons (Fsp3) is 0.276. The van der Waals surface area contributed by atoms with Gasteiger partial charge in [-0.25, -0.2) is 4.98 Å². The molecule has 0 unspecified atom stereocenters. The Labute approximate surface area is 251 Å². The average molecular weight is 606 g/mol. The van der Waals surface area contributed by atoms with Crippen molar-refractivity contribution >= 4 is 45.5 Å². The van der Waals surface area contributed by atoms with Gasteiger partial charge in [0.2, 0.25) is 23.4 Å². The molecule has 43 heavy (non-hydrogen) atoms. The number of ether oxygens (including phenoxy) is 3. The van der Waals surface area contributed by atoms with Crippen molar-refractivity contribution in [2.45, 2.75) is 19.8 Å². The highest BCUT2D eigenvalue weighted by Gasteiger charge is 2.22. The summed E-state index contributed by atoms with van der Waals surface area (Å²) in [6.07, 6.45) is 4.69. The highest BCUT2D eigenvalue weighted by Crippen LogP contribution is 2.42. The van der Waals surface area contributed by atoms with E-state index in [1.165, 1.54) is 44.8 Å². The van der Waals surface area contributed by atoms with E-state index in [0.29, 0.717) is 62.5 Å². The second-order valence-corrected chi connectivity index (χ2v) is 10.7. The molecule has 0 aliphatic heterocycles. The fourth-order valence-corrected chi connectivity index (χ4v) is 4.97. The van der Waals surface area contributed by atoms with Crippen LogP contribution in [0.15, 0.2) is 47.0 Å². The van der Waals surface area contributed by atoms with Gasteiger partial charge >= 0.3 is 0 Å². The number of thiazole rings is 1. The molecule has 2 aromatic carbocycles. The molecule has 1 aliphatic rings. The van der Waals surface area contributed by atoms with Crippen molar-refractivity contribution < 1.29 is 28.3 Å². The van der Waals surface area contributed by atoms with Gasteiger partial charge in [-0.05, 0) is 43.4 Å². The zero-order valence-corrected chi connectivity index (χ0v) is 24.8. The monoisotopic (exact) mass is 605 g/mol. The van der Waals surface area contributed by atoms with E-state index < -0.39 is 5.91 Å². The first-order valence-corrected chi connectivity index (χ1v) is 14.1. The van der Waals surface area contributed by atoms with Gasteiger partial charge in [0, 0.05) is 47.8 Å². The molecular weight excluding hydrogens is 574 g/mol. The third-order valence-electron chi connectivity index (χ3n) is 6.58. The van der Waals surface area contributed by atoms with Crippen LogP contribution in [0.25, 0.3) is 22.2 Å². The van der Waals surface area contributed by atoms with E-state index in [0.717, 1.165) is 18.4 Å². The van der Waals surface area contributed by atoms with E-state index >= 15 is 0 Å². The smallest absolute Gasteiger partial charge is 0.272 e. The number of aromatic nitrogens is 3. The predicted octanol–water partition coefficient (Wildman–Crippen LogP) is 4.54. The van der Waals surface area contributed by atoms with Crippen LogP contribution in [0.3, 0.4) is 0 Å². The van der Waals surface area contributed by atoms with Crippen molar-refractivity contribution in [3.8, 4) is 39.4 Å². The SMILES string of the molecule is COc1cc(Nc2nc(N)c(-c3nc(-c4cc(NC(=O)/C=C/C(=O)NCC5CC5)ccc4C)no3)s2)cc(OC)c1OC. The van der Waals surface area contributed by atoms with Crippen LogP contribution in [0.4, 0.5) is 22.3 Å². The van der Waals surface area contributed by atoms with Crippen LogP contribution < -0.4 is 35.9 Å². The lowest BCUT2D eigenvalue weighted by atomic mass is 10.1. The number of methoxy groups -OCH3 is 3. The molecule has 1 aliphatic carbocycles. The lowest BCUT2D eigenvalue weighted by molar-refractivity contribution is -0.117. The molecule has 13 nitrogen and oxygen atoms in total. The second-order valence-electron chi connectivity index (χ2n) is 9.74. The fourth-order valence-electron chi connectivity index (χ4n) is 4.14. The van der Waals surface area contributed by atoms with Gasteiger partial charge in [0.1, 0.15) is 10.7 Å². The molecule has 0 bridgehead atoms. The molecule has 0 atom stereocenters. The number of carbonyl (C=O) groups is 2. The van der Waals surface area contributed by atoms with Crippen LogP contribution in [0.5, 0.6) is 17.2 Å². The van der Waals surface area contributed by atoms with Crippen molar-refractivity contribution in [1.82, 2.24) is 20.4 Å². The molecule has 0 saturated heterocycles. The number of hydrogen-bond acceptors (Lipinski definition) is 12. The van der Waals surface area contributed by atoms with E-state index in [1.807, 2.05) is 13.0 Å². The maximum Gasteiger partial charge on any atom is 0.272 e. The summed E-state index contributed by atoms with van der Waals surface area (Å²) < 4.78 is 21.7. The molecule has 224 valence electrons. The van der Waals surface area contributed by atoms with Gasteiger partial charge in [0.25, 0.3) is 5.89 Å². The van der Waals surface area contributed by atoms with Crippen molar-refractivity contribution in [3.05, 3.63) is 48.0 Å². The van der Waals surface area contributed by atoms with Gasteiger partial charge in [-0.15, -0.1) is 0 Å². The Balaban J connectivity index is 1.29. The first-order chi connectivity index (χ1) is 20.8. The highest BCUT2D eigenvalue weighted by atomic mass is 32.1. The van der Waals surface area contributed by atoms with Crippen LogP contribution in [-0.2, 0) is 9.59 Å². The summed E-state index contributed by atoms with van der Waals surface area (Å²) in [7, 11) is 4.60. The van der Waals surface area contributed by atoms with Crippen LogP contribution >= 0.6 is 11.3 Å². The lowest BCUT2D eigenvalue weighted by Gasteiger charge is -2.14. The number of nitrogen functional groups attached to an aromatic ring is 1. The van der Waals surface area contributed by atoms with Crippen LogP contribution in [-0.4, -0.2) is 54.8 Å². The third-order valence-corrected chi connectivity index (χ3v) is 7.56. The first-order valence-electron chi connectivity index (χ1n) is 13.3. The number of hydrogen-bond donors (Lipinski definition) is 4. The molecule has 2 amide bonds. The van der Waals surface area contributed by atoms with Crippen LogP contribution in [0, 0.1) is 12.8 Å². The minimum Gasteiger partial charge on any atom is -0.493 e. The quantitative estimate of drug-likeness (QED) is 0.167. The van der Waals surface area contributed by atoms with Gasteiger partial charge in [0.05, 0.1) is 21.3 Å². The molecule has 2 aromatic heterocycles. The Morgan fingerprint density at radius 1 is 1.02 bits per heavy atom. The summed E-state index contributed by atoms with van der Waals surface area (Å²) in [6, 6.07) is 8.81. The number of aryl methyl sites for hydroxylation is 1. The summed E-state index contributed by atoms with van der Waals surface area (Å²) in [5, 5.41) is 13.3. The van der Waals surface area contributed by atoms with Gasteiger partial charge in [0.15, 0.2) is 16.6 Å². The summed E-state index contributed by atoms with van der Waals surface area (Å²) >= 11 is 1.23. The number of nitrogens with two attached hydrogens (primary N) is 1. The maximum atomic E-state index is 12.4. The largest absolute Gasteiger partial charge is 0.493 e. The number of benzene rings is 2. The van der Waals surface area contributed by atoms with Gasteiger partial charge in [-0.1, -0.05) is 22.6 Å². The van der Waals surface area contributed by atoms with Crippen molar-refractivity contribution in [2.24, 2.45) is 5.92 Å². The van der Waals surface area contributed by atoms with Gasteiger partial charge in [-0.2, -0.15) is 4.98 Å². The zero-order valence-electron chi connectivity index (χ0n) is 24.0. The summed E-state index contributed by atoms with van der Waals surface area (Å²) in [4.78, 5) is 33.7.